The molecule has 7 heteroatoms. The van der Waals surface area contributed by atoms with Crippen molar-refractivity contribution in [2.75, 3.05) is 7.11 Å². The number of methoxy groups -OCH3 is 1. The molecule has 0 aliphatic carbocycles. The Bertz CT molecular complexity index is 935. The van der Waals surface area contributed by atoms with Crippen molar-refractivity contribution in [1.29, 1.82) is 0 Å². The highest BCUT2D eigenvalue weighted by atomic mass is 19.3. The van der Waals surface area contributed by atoms with Crippen molar-refractivity contribution in [3.05, 3.63) is 77.5 Å². The summed E-state index contributed by atoms with van der Waals surface area (Å²) in [7, 11) is 1.56. The molecule has 138 valence electrons. The van der Waals surface area contributed by atoms with Crippen molar-refractivity contribution < 1.29 is 27.8 Å². The van der Waals surface area contributed by atoms with E-state index in [1.807, 2.05) is 24.3 Å². The highest BCUT2D eigenvalue weighted by Crippen LogP contribution is 2.26. The Morgan fingerprint density at radius 1 is 1.07 bits per heavy atom. The van der Waals surface area contributed by atoms with Gasteiger partial charge >= 0.3 is 12.6 Å². The molecule has 2 aromatic rings. The zero-order valence-electron chi connectivity index (χ0n) is 14.3. The number of halogens is 2. The normalized spacial score (nSPS) is 15.3. The summed E-state index contributed by atoms with van der Waals surface area (Å²) in [4.78, 5) is 16.1. The third-order valence-corrected chi connectivity index (χ3v) is 3.62. The van der Waals surface area contributed by atoms with Crippen LogP contribution < -0.4 is 9.47 Å². The Morgan fingerprint density at radius 2 is 1.78 bits per heavy atom. The minimum atomic E-state index is -3.00. The first-order valence-corrected chi connectivity index (χ1v) is 7.95. The number of esters is 1. The molecular formula is C20H15F2NO4. The van der Waals surface area contributed by atoms with E-state index in [4.69, 9.17) is 9.47 Å². The van der Waals surface area contributed by atoms with Crippen molar-refractivity contribution in [1.82, 2.24) is 0 Å². The first-order valence-electron chi connectivity index (χ1n) is 7.95. The lowest BCUT2D eigenvalue weighted by Crippen LogP contribution is -2.10. The lowest BCUT2D eigenvalue weighted by atomic mass is 10.2. The van der Waals surface area contributed by atoms with Crippen LogP contribution in [0.5, 0.6) is 11.5 Å². The number of hydrogen-bond donors (Lipinski definition) is 0. The van der Waals surface area contributed by atoms with Gasteiger partial charge in [-0.2, -0.15) is 8.78 Å². The summed E-state index contributed by atoms with van der Waals surface area (Å²) in [5.41, 5.74) is 1.04. The number of hydrogen-bond acceptors (Lipinski definition) is 5. The first-order chi connectivity index (χ1) is 13.1. The molecule has 0 spiro atoms. The Labute approximate surface area is 154 Å². The Morgan fingerprint density at radius 3 is 2.52 bits per heavy atom. The third kappa shape index (κ3) is 4.38. The predicted molar refractivity (Wildman–Crippen MR) is 95.8 cm³/mol. The van der Waals surface area contributed by atoms with Crippen molar-refractivity contribution in [3.8, 4) is 11.5 Å². The number of carbonyl (C=O) groups is 1. The summed E-state index contributed by atoms with van der Waals surface area (Å²) in [5, 5.41) is 0. The Kier molecular flexibility index (Phi) is 5.61. The highest BCUT2D eigenvalue weighted by Gasteiger charge is 2.26. The summed E-state index contributed by atoms with van der Waals surface area (Å²) in [6, 6.07) is 13.3. The number of nitrogens with zero attached hydrogens (tertiary/aromatic N) is 1. The van der Waals surface area contributed by atoms with E-state index in [2.05, 4.69) is 9.73 Å². The van der Waals surface area contributed by atoms with Crippen LogP contribution in [0.4, 0.5) is 8.78 Å². The zero-order valence-corrected chi connectivity index (χ0v) is 14.3. The zero-order chi connectivity index (χ0) is 19.2. The minimum absolute atomic E-state index is 0.0444. The van der Waals surface area contributed by atoms with Crippen molar-refractivity contribution in [2.24, 2.45) is 4.99 Å². The van der Waals surface area contributed by atoms with E-state index < -0.39 is 12.6 Å². The standard InChI is InChI=1S/C20H15F2NO4/c1-25-16-11-4-2-7-13(16)8-6-10-15-19(24)27-18(23-15)14-9-3-5-12-17(14)26-20(21)22/h2-12,20H,1H3/b8-6+,15-10+. The molecule has 0 radical (unpaired) electrons. The number of para-hydroxylation sites is 2. The molecule has 0 aromatic heterocycles. The third-order valence-electron chi connectivity index (χ3n) is 3.62. The van der Waals surface area contributed by atoms with Gasteiger partial charge < -0.3 is 14.2 Å². The largest absolute Gasteiger partial charge is 0.496 e. The second-order valence-electron chi connectivity index (χ2n) is 5.33. The minimum Gasteiger partial charge on any atom is -0.496 e. The number of carbonyl (C=O) groups excluding carboxylic acids is 1. The van der Waals surface area contributed by atoms with E-state index >= 15 is 0 Å². The maximum absolute atomic E-state index is 12.5. The molecule has 0 bridgehead atoms. The van der Waals surface area contributed by atoms with E-state index in [0.29, 0.717) is 5.75 Å². The number of ether oxygens (including phenoxy) is 3. The average molecular weight is 371 g/mol. The summed E-state index contributed by atoms with van der Waals surface area (Å²) in [6.45, 7) is -3.00. The number of cyclic esters (lactones) is 1. The molecule has 0 atom stereocenters. The molecule has 0 amide bonds. The lowest BCUT2D eigenvalue weighted by Gasteiger charge is -2.08. The van der Waals surface area contributed by atoms with E-state index in [-0.39, 0.29) is 22.9 Å². The molecule has 1 heterocycles. The first kappa shape index (κ1) is 18.3. The highest BCUT2D eigenvalue weighted by molar-refractivity contribution is 6.12. The molecule has 1 aliphatic rings. The lowest BCUT2D eigenvalue weighted by molar-refractivity contribution is -0.130. The van der Waals surface area contributed by atoms with Crippen LogP contribution in [0.2, 0.25) is 0 Å². The van der Waals surface area contributed by atoms with E-state index in [0.717, 1.165) is 5.56 Å². The second kappa shape index (κ2) is 8.27. The molecular weight excluding hydrogens is 356 g/mol. The maximum Gasteiger partial charge on any atom is 0.387 e. The second-order valence-corrected chi connectivity index (χ2v) is 5.33. The van der Waals surface area contributed by atoms with Crippen LogP contribution in [0.3, 0.4) is 0 Å². The molecule has 3 rings (SSSR count). The molecule has 0 N–H and O–H groups in total. The Hall–Kier alpha value is -3.48. The van der Waals surface area contributed by atoms with Gasteiger partial charge in [0.2, 0.25) is 5.90 Å². The van der Waals surface area contributed by atoms with Crippen molar-refractivity contribution in [3.63, 3.8) is 0 Å². The van der Waals surface area contributed by atoms with Gasteiger partial charge in [-0.1, -0.05) is 42.5 Å². The van der Waals surface area contributed by atoms with Gasteiger partial charge in [0.1, 0.15) is 11.5 Å². The molecule has 5 nitrogen and oxygen atoms in total. The summed E-state index contributed by atoms with van der Waals surface area (Å²) < 4.78 is 39.8. The van der Waals surface area contributed by atoms with Gasteiger partial charge in [0, 0.05) is 5.56 Å². The topological polar surface area (TPSA) is 57.1 Å². The molecule has 1 aliphatic heterocycles. The molecule has 0 saturated carbocycles. The summed E-state index contributed by atoms with van der Waals surface area (Å²) in [6.07, 6.45) is 4.85. The molecule has 2 aromatic carbocycles. The van der Waals surface area contributed by atoms with Gasteiger partial charge in [-0.15, -0.1) is 0 Å². The smallest absolute Gasteiger partial charge is 0.387 e. The van der Waals surface area contributed by atoms with Crippen LogP contribution in [0.15, 0.2) is 71.4 Å². The number of rotatable bonds is 6. The fourth-order valence-electron chi connectivity index (χ4n) is 2.43. The SMILES string of the molecule is COc1ccccc1/C=C/C=C1/N=C(c2ccccc2OC(F)F)OC1=O. The van der Waals surface area contributed by atoms with Crippen LogP contribution in [0.25, 0.3) is 6.08 Å². The van der Waals surface area contributed by atoms with Crippen molar-refractivity contribution >= 4 is 17.9 Å². The molecule has 0 fully saturated rings. The molecule has 27 heavy (non-hydrogen) atoms. The van der Waals surface area contributed by atoms with Gasteiger partial charge in [-0.25, -0.2) is 9.79 Å². The van der Waals surface area contributed by atoms with Crippen LogP contribution in [-0.4, -0.2) is 25.6 Å². The van der Waals surface area contributed by atoms with Gasteiger partial charge in [0.25, 0.3) is 0 Å². The monoisotopic (exact) mass is 371 g/mol. The van der Waals surface area contributed by atoms with Gasteiger partial charge in [0.05, 0.1) is 12.7 Å². The van der Waals surface area contributed by atoms with Crippen LogP contribution in [-0.2, 0) is 9.53 Å². The quantitative estimate of drug-likeness (QED) is 0.564. The predicted octanol–water partition coefficient (Wildman–Crippen LogP) is 4.20. The number of alkyl halides is 2. The number of allylic oxidation sites excluding steroid dienone is 2. The van der Waals surface area contributed by atoms with Gasteiger partial charge in [-0.05, 0) is 24.3 Å². The van der Waals surface area contributed by atoms with Crippen molar-refractivity contribution in [2.45, 2.75) is 6.61 Å². The van der Waals surface area contributed by atoms with Gasteiger partial charge in [0.15, 0.2) is 5.70 Å². The fraction of sp³-hybridized carbons (Fsp3) is 0.100. The molecule has 0 saturated heterocycles. The van der Waals surface area contributed by atoms with Crippen LogP contribution in [0.1, 0.15) is 11.1 Å². The molecule has 0 unspecified atom stereocenters. The average Bonchev–Trinajstić information content (AvgIpc) is 3.02. The summed E-state index contributed by atoms with van der Waals surface area (Å²) >= 11 is 0. The number of benzene rings is 2. The van der Waals surface area contributed by atoms with E-state index in [1.54, 1.807) is 25.3 Å². The summed E-state index contributed by atoms with van der Waals surface area (Å²) in [5.74, 6) is -0.206. The van der Waals surface area contributed by atoms with Crippen LogP contribution >= 0.6 is 0 Å². The Balaban J connectivity index is 1.84. The van der Waals surface area contributed by atoms with Crippen LogP contribution in [0, 0.1) is 0 Å². The van der Waals surface area contributed by atoms with E-state index in [9.17, 15) is 13.6 Å². The number of aliphatic imine (C=N–C) groups is 1. The van der Waals surface area contributed by atoms with Gasteiger partial charge in [-0.3, -0.25) is 0 Å². The fourth-order valence-corrected chi connectivity index (χ4v) is 2.43. The maximum atomic E-state index is 12.5. The van der Waals surface area contributed by atoms with E-state index in [1.165, 1.54) is 24.3 Å².